The maximum Gasteiger partial charge on any atom is 0.134 e. The molecule has 0 spiro atoms. The number of likely N-dealkylation sites (N-methyl/N-ethyl adjacent to an activating group) is 1. The lowest BCUT2D eigenvalue weighted by Gasteiger charge is -2.35. The maximum absolute atomic E-state index is 6.05. The third-order valence-electron chi connectivity index (χ3n) is 5.82. The zero-order valence-electron chi connectivity index (χ0n) is 17.7. The first-order valence-corrected chi connectivity index (χ1v) is 10.8. The fraction of sp³-hybridized carbons (Fsp3) is 0.240. The summed E-state index contributed by atoms with van der Waals surface area (Å²) < 4.78 is 6.05. The van der Waals surface area contributed by atoms with Crippen LogP contribution in [0.5, 0.6) is 11.5 Å². The highest BCUT2D eigenvalue weighted by molar-refractivity contribution is 5.80. The Balaban J connectivity index is 1.24. The van der Waals surface area contributed by atoms with Crippen molar-refractivity contribution in [2.45, 2.75) is 6.92 Å². The summed E-state index contributed by atoms with van der Waals surface area (Å²) in [7, 11) is 0. The van der Waals surface area contributed by atoms with E-state index in [2.05, 4.69) is 56.3 Å². The Morgan fingerprint density at radius 3 is 2.55 bits per heavy atom. The third-order valence-corrected chi connectivity index (χ3v) is 5.82. The SMILES string of the molecule is CCN1CCN(c2ccc(Nc3cc(Oc4ccc5[nH]ccc5c4)ccn3)cc2)CC1. The molecule has 1 aliphatic rings. The van der Waals surface area contributed by atoms with Gasteiger partial charge in [0.1, 0.15) is 17.3 Å². The molecule has 0 bridgehead atoms. The number of hydrogen-bond acceptors (Lipinski definition) is 5. The van der Waals surface area contributed by atoms with Crippen molar-refractivity contribution in [1.29, 1.82) is 0 Å². The number of rotatable bonds is 6. The standard InChI is InChI=1S/C25H27N5O/c1-2-29-13-15-30(16-14-29)21-5-3-20(4-6-21)28-25-18-23(10-12-27-25)31-22-7-8-24-19(17-22)9-11-26-24/h3-12,17-18,26H,2,13-16H2,1H3,(H,27,28). The van der Waals surface area contributed by atoms with E-state index < -0.39 is 0 Å². The minimum absolute atomic E-state index is 0.748. The van der Waals surface area contributed by atoms with Gasteiger partial charge in [0.25, 0.3) is 0 Å². The van der Waals surface area contributed by atoms with Crippen LogP contribution >= 0.6 is 0 Å². The van der Waals surface area contributed by atoms with Gasteiger partial charge in [-0.25, -0.2) is 4.98 Å². The highest BCUT2D eigenvalue weighted by Crippen LogP contribution is 2.27. The number of piperazine rings is 1. The minimum Gasteiger partial charge on any atom is -0.457 e. The summed E-state index contributed by atoms with van der Waals surface area (Å²) in [5.41, 5.74) is 3.38. The van der Waals surface area contributed by atoms with E-state index in [9.17, 15) is 0 Å². The fourth-order valence-electron chi connectivity index (χ4n) is 4.00. The molecule has 31 heavy (non-hydrogen) atoms. The quantitative estimate of drug-likeness (QED) is 0.453. The minimum atomic E-state index is 0.748. The smallest absolute Gasteiger partial charge is 0.134 e. The fourth-order valence-corrected chi connectivity index (χ4v) is 4.00. The average molecular weight is 414 g/mol. The van der Waals surface area contributed by atoms with Crippen LogP contribution in [0.4, 0.5) is 17.2 Å². The predicted molar refractivity (Wildman–Crippen MR) is 127 cm³/mol. The first kappa shape index (κ1) is 19.5. The molecule has 0 saturated carbocycles. The number of anilines is 3. The van der Waals surface area contributed by atoms with Gasteiger partial charge in [0.15, 0.2) is 0 Å². The average Bonchev–Trinajstić information content (AvgIpc) is 3.28. The molecule has 2 N–H and O–H groups in total. The molecule has 4 aromatic rings. The molecule has 1 saturated heterocycles. The van der Waals surface area contributed by atoms with E-state index in [4.69, 9.17) is 4.74 Å². The molecule has 158 valence electrons. The van der Waals surface area contributed by atoms with Crippen LogP contribution in [0.2, 0.25) is 0 Å². The van der Waals surface area contributed by atoms with Crippen LogP contribution in [0.15, 0.2) is 73.1 Å². The Morgan fingerprint density at radius 1 is 0.935 bits per heavy atom. The summed E-state index contributed by atoms with van der Waals surface area (Å²) in [5.74, 6) is 2.30. The summed E-state index contributed by atoms with van der Waals surface area (Å²) in [6.07, 6.45) is 3.69. The summed E-state index contributed by atoms with van der Waals surface area (Å²) >= 11 is 0. The van der Waals surface area contributed by atoms with Gasteiger partial charge in [-0.05, 0) is 61.1 Å². The van der Waals surface area contributed by atoms with E-state index in [1.807, 2.05) is 42.6 Å². The molecular formula is C25H27N5O. The van der Waals surface area contributed by atoms with E-state index in [0.717, 1.165) is 66.6 Å². The van der Waals surface area contributed by atoms with Gasteiger partial charge >= 0.3 is 0 Å². The van der Waals surface area contributed by atoms with Gasteiger partial charge in [-0.15, -0.1) is 0 Å². The number of aromatic amines is 1. The van der Waals surface area contributed by atoms with Gasteiger partial charge in [-0.2, -0.15) is 0 Å². The van der Waals surface area contributed by atoms with Gasteiger partial charge in [-0.3, -0.25) is 0 Å². The lowest BCUT2D eigenvalue weighted by Crippen LogP contribution is -2.46. The second-order valence-electron chi connectivity index (χ2n) is 7.80. The Morgan fingerprint density at radius 2 is 1.74 bits per heavy atom. The zero-order valence-corrected chi connectivity index (χ0v) is 17.7. The molecular weight excluding hydrogens is 386 g/mol. The molecule has 5 rings (SSSR count). The van der Waals surface area contributed by atoms with Crippen molar-refractivity contribution in [3.05, 3.63) is 73.1 Å². The van der Waals surface area contributed by atoms with Crippen molar-refractivity contribution >= 4 is 28.1 Å². The molecule has 2 aromatic heterocycles. The van der Waals surface area contributed by atoms with E-state index in [1.54, 1.807) is 6.20 Å². The topological polar surface area (TPSA) is 56.4 Å². The molecule has 6 nitrogen and oxygen atoms in total. The van der Waals surface area contributed by atoms with Gasteiger partial charge < -0.3 is 24.8 Å². The number of hydrogen-bond donors (Lipinski definition) is 2. The highest BCUT2D eigenvalue weighted by atomic mass is 16.5. The highest BCUT2D eigenvalue weighted by Gasteiger charge is 2.15. The number of aromatic nitrogens is 2. The largest absolute Gasteiger partial charge is 0.457 e. The summed E-state index contributed by atoms with van der Waals surface area (Å²) in [4.78, 5) is 12.6. The van der Waals surface area contributed by atoms with Gasteiger partial charge in [0.05, 0.1) is 0 Å². The molecule has 0 atom stereocenters. The first-order valence-electron chi connectivity index (χ1n) is 10.8. The Kier molecular flexibility index (Phi) is 5.46. The summed E-state index contributed by atoms with van der Waals surface area (Å²) in [6.45, 7) is 7.78. The van der Waals surface area contributed by atoms with E-state index in [0.29, 0.717) is 0 Å². The first-order chi connectivity index (χ1) is 15.3. The van der Waals surface area contributed by atoms with E-state index >= 15 is 0 Å². The summed E-state index contributed by atoms with van der Waals surface area (Å²) in [6, 6.07) is 20.4. The van der Waals surface area contributed by atoms with Gasteiger partial charge in [-0.1, -0.05) is 6.92 Å². The van der Waals surface area contributed by atoms with Crippen molar-refractivity contribution in [1.82, 2.24) is 14.9 Å². The third kappa shape index (κ3) is 4.49. The van der Waals surface area contributed by atoms with Crippen molar-refractivity contribution in [2.24, 2.45) is 0 Å². The molecule has 0 radical (unpaired) electrons. The van der Waals surface area contributed by atoms with Crippen molar-refractivity contribution in [3.8, 4) is 11.5 Å². The number of nitrogens with zero attached hydrogens (tertiary/aromatic N) is 3. The predicted octanol–water partition coefficient (Wildman–Crippen LogP) is 5.24. The number of benzene rings is 2. The van der Waals surface area contributed by atoms with Crippen molar-refractivity contribution < 1.29 is 4.74 Å². The molecule has 1 aliphatic heterocycles. The van der Waals surface area contributed by atoms with Crippen LogP contribution in [0.3, 0.4) is 0 Å². The van der Waals surface area contributed by atoms with Gasteiger partial charge in [0, 0.05) is 66.9 Å². The number of ether oxygens (including phenoxy) is 1. The molecule has 0 amide bonds. The molecule has 6 heteroatoms. The number of nitrogens with one attached hydrogen (secondary N) is 2. The number of pyridine rings is 1. The van der Waals surface area contributed by atoms with Gasteiger partial charge in [0.2, 0.25) is 0 Å². The Hall–Kier alpha value is -3.51. The van der Waals surface area contributed by atoms with Crippen LogP contribution in [0.1, 0.15) is 6.92 Å². The van der Waals surface area contributed by atoms with E-state index in [1.165, 1.54) is 5.69 Å². The lowest BCUT2D eigenvalue weighted by molar-refractivity contribution is 0.271. The monoisotopic (exact) mass is 413 g/mol. The normalized spacial score (nSPS) is 14.7. The lowest BCUT2D eigenvalue weighted by atomic mass is 10.2. The summed E-state index contributed by atoms with van der Waals surface area (Å²) in [5, 5.41) is 4.51. The van der Waals surface area contributed by atoms with Crippen LogP contribution < -0.4 is 15.0 Å². The Bertz CT molecular complexity index is 1150. The second kappa shape index (κ2) is 8.70. The molecule has 2 aromatic carbocycles. The number of fused-ring (bicyclic) bond motifs is 1. The second-order valence-corrected chi connectivity index (χ2v) is 7.80. The van der Waals surface area contributed by atoms with Crippen LogP contribution in [0, 0.1) is 0 Å². The zero-order chi connectivity index (χ0) is 21.0. The van der Waals surface area contributed by atoms with Crippen LogP contribution in [0.25, 0.3) is 10.9 Å². The molecule has 1 fully saturated rings. The van der Waals surface area contributed by atoms with Crippen molar-refractivity contribution in [2.75, 3.05) is 42.9 Å². The molecule has 3 heterocycles. The van der Waals surface area contributed by atoms with Crippen LogP contribution in [-0.4, -0.2) is 47.6 Å². The molecule has 0 aliphatic carbocycles. The van der Waals surface area contributed by atoms with Crippen LogP contribution in [-0.2, 0) is 0 Å². The maximum atomic E-state index is 6.05. The Labute approximate surface area is 182 Å². The molecule has 0 unspecified atom stereocenters. The van der Waals surface area contributed by atoms with E-state index in [-0.39, 0.29) is 0 Å². The number of H-pyrrole nitrogens is 1. The van der Waals surface area contributed by atoms with Crippen molar-refractivity contribution in [3.63, 3.8) is 0 Å².